The van der Waals surface area contributed by atoms with Crippen molar-refractivity contribution >= 4 is 39.8 Å². The summed E-state index contributed by atoms with van der Waals surface area (Å²) in [6.07, 6.45) is 3.81. The summed E-state index contributed by atoms with van der Waals surface area (Å²) < 4.78 is 40.8. The molecule has 0 bridgehead atoms. The Morgan fingerprint density at radius 3 is 2.14 bits per heavy atom. The lowest BCUT2D eigenvalue weighted by Gasteiger charge is -2.34. The number of aromatic nitrogens is 1. The van der Waals surface area contributed by atoms with Crippen LogP contribution in [0.5, 0.6) is 17.2 Å². The normalized spacial score (nSPS) is 16.0. The summed E-state index contributed by atoms with van der Waals surface area (Å²) in [6, 6.07) is 15.3. The first kappa shape index (κ1) is 29.3. The van der Waals surface area contributed by atoms with E-state index in [2.05, 4.69) is 15.6 Å². The molecule has 2 fully saturated rings. The van der Waals surface area contributed by atoms with E-state index in [0.29, 0.717) is 65.6 Å². The number of amides is 2. The number of aliphatic hydroxyl groups is 1. The van der Waals surface area contributed by atoms with E-state index in [1.165, 1.54) is 37.6 Å². The first-order valence-electron chi connectivity index (χ1n) is 14.5. The van der Waals surface area contributed by atoms with E-state index in [4.69, 9.17) is 9.47 Å². The summed E-state index contributed by atoms with van der Waals surface area (Å²) in [4.78, 5) is 32.1. The van der Waals surface area contributed by atoms with Crippen LogP contribution >= 0.6 is 0 Å². The van der Waals surface area contributed by atoms with Crippen LogP contribution in [0.15, 0.2) is 66.9 Å². The summed E-state index contributed by atoms with van der Waals surface area (Å²) in [5, 5.41) is 15.4. The van der Waals surface area contributed by atoms with Crippen molar-refractivity contribution in [2.75, 3.05) is 42.3 Å². The van der Waals surface area contributed by atoms with Crippen molar-refractivity contribution in [1.29, 1.82) is 0 Å². The first-order chi connectivity index (χ1) is 21.3. The quantitative estimate of drug-likeness (QED) is 0.205. The minimum atomic E-state index is -1.18. The number of nitrogens with zero attached hydrogens (tertiary/aromatic N) is 2. The van der Waals surface area contributed by atoms with Crippen molar-refractivity contribution in [2.24, 2.45) is 11.3 Å². The van der Waals surface area contributed by atoms with E-state index in [0.717, 1.165) is 12.8 Å². The van der Waals surface area contributed by atoms with Crippen LogP contribution in [0, 0.1) is 23.0 Å². The Balaban J connectivity index is 1.16. The maximum absolute atomic E-state index is 15.9. The second-order valence-corrected chi connectivity index (χ2v) is 11.2. The van der Waals surface area contributed by atoms with Crippen LogP contribution in [0.3, 0.4) is 0 Å². The Labute approximate surface area is 252 Å². The molecular formula is C33H32F2N4O5. The number of benzene rings is 3. The van der Waals surface area contributed by atoms with Crippen molar-refractivity contribution in [3.8, 4) is 17.2 Å². The second-order valence-electron chi connectivity index (χ2n) is 11.2. The van der Waals surface area contributed by atoms with Crippen molar-refractivity contribution in [2.45, 2.75) is 25.7 Å². The van der Waals surface area contributed by atoms with Gasteiger partial charge in [0, 0.05) is 42.7 Å². The van der Waals surface area contributed by atoms with Gasteiger partial charge in [-0.1, -0.05) is 0 Å². The van der Waals surface area contributed by atoms with Gasteiger partial charge in [-0.25, -0.2) is 8.78 Å². The predicted molar refractivity (Wildman–Crippen MR) is 162 cm³/mol. The van der Waals surface area contributed by atoms with Gasteiger partial charge in [-0.05, 0) is 92.3 Å². The molecule has 9 nitrogen and oxygen atoms in total. The van der Waals surface area contributed by atoms with Crippen LogP contribution in [0.4, 0.5) is 25.8 Å². The number of piperidine rings is 1. The van der Waals surface area contributed by atoms with Crippen molar-refractivity contribution in [1.82, 2.24) is 4.98 Å². The topological polar surface area (TPSA) is 113 Å². The highest BCUT2D eigenvalue weighted by molar-refractivity contribution is 6.16. The third kappa shape index (κ3) is 5.74. The molecule has 0 spiro atoms. The lowest BCUT2D eigenvalue weighted by atomic mass is 9.97. The SMILES string of the molecule is COc1cc2c(Oc3ccc(NC(=O)C4(C(=O)Nc5ccc(F)cc5)CC4)cc3)ccnc2c(F)c1N1CCC(CO)CC1. The number of carbonyl (C=O) groups is 2. The highest BCUT2D eigenvalue weighted by Crippen LogP contribution is 2.48. The number of carbonyl (C=O) groups excluding carboxylic acids is 2. The Morgan fingerprint density at radius 1 is 0.955 bits per heavy atom. The van der Waals surface area contributed by atoms with Crippen LogP contribution in [-0.2, 0) is 9.59 Å². The molecule has 2 amide bonds. The second kappa shape index (κ2) is 12.1. The average molecular weight is 603 g/mol. The molecule has 3 aromatic carbocycles. The number of aliphatic hydroxyl groups excluding tert-OH is 1. The molecule has 3 N–H and O–H groups in total. The summed E-state index contributed by atoms with van der Waals surface area (Å²) in [5.74, 6) is -0.381. The van der Waals surface area contributed by atoms with E-state index in [-0.39, 0.29) is 18.0 Å². The Hall–Kier alpha value is -4.77. The fourth-order valence-corrected chi connectivity index (χ4v) is 5.52. The van der Waals surface area contributed by atoms with Crippen LogP contribution in [0.1, 0.15) is 25.7 Å². The van der Waals surface area contributed by atoms with E-state index in [9.17, 15) is 19.1 Å². The number of pyridine rings is 1. The number of hydrogen-bond acceptors (Lipinski definition) is 7. The van der Waals surface area contributed by atoms with E-state index < -0.39 is 28.9 Å². The van der Waals surface area contributed by atoms with Crippen LogP contribution in [-0.4, -0.2) is 48.7 Å². The van der Waals surface area contributed by atoms with Crippen molar-refractivity contribution in [3.05, 3.63) is 78.5 Å². The van der Waals surface area contributed by atoms with Crippen molar-refractivity contribution in [3.63, 3.8) is 0 Å². The number of hydrogen-bond donors (Lipinski definition) is 3. The molecule has 2 aliphatic rings. The third-order valence-electron chi connectivity index (χ3n) is 8.35. The third-order valence-corrected chi connectivity index (χ3v) is 8.35. The number of halogens is 2. The monoisotopic (exact) mass is 602 g/mol. The molecular weight excluding hydrogens is 570 g/mol. The molecule has 11 heteroatoms. The Bertz CT molecular complexity index is 1690. The summed E-state index contributed by atoms with van der Waals surface area (Å²) in [5.41, 5.74) is 0.208. The van der Waals surface area contributed by atoms with Gasteiger partial charge in [0.2, 0.25) is 11.8 Å². The van der Waals surface area contributed by atoms with E-state index in [1.54, 1.807) is 36.4 Å². The largest absolute Gasteiger partial charge is 0.494 e. The molecule has 4 aromatic rings. The molecule has 1 aliphatic carbocycles. The van der Waals surface area contributed by atoms with E-state index in [1.807, 2.05) is 4.90 Å². The van der Waals surface area contributed by atoms with Crippen LogP contribution < -0.4 is 25.0 Å². The number of fused-ring (bicyclic) bond motifs is 1. The fraction of sp³-hybridized carbons (Fsp3) is 0.303. The lowest BCUT2D eigenvalue weighted by molar-refractivity contribution is -0.131. The Kier molecular flexibility index (Phi) is 8.05. The number of ether oxygens (including phenoxy) is 2. The van der Waals surface area contributed by atoms with Gasteiger partial charge >= 0.3 is 0 Å². The average Bonchev–Trinajstić information content (AvgIpc) is 3.86. The summed E-state index contributed by atoms with van der Waals surface area (Å²) >= 11 is 0. The molecule has 1 aromatic heterocycles. The molecule has 1 saturated heterocycles. The number of methoxy groups -OCH3 is 1. The van der Waals surface area contributed by atoms with Gasteiger partial charge in [-0.15, -0.1) is 0 Å². The van der Waals surface area contributed by atoms with Gasteiger partial charge in [-0.3, -0.25) is 14.6 Å². The molecule has 44 heavy (non-hydrogen) atoms. The predicted octanol–water partition coefficient (Wildman–Crippen LogP) is 5.88. The van der Waals surface area contributed by atoms with Gasteiger partial charge in [0.1, 0.15) is 39.7 Å². The standard InChI is InChI=1S/C33H32F2N4O5/c1-43-27-18-25-26(10-15-36-29(25)28(35)30(27)39-16-11-20(19-40)12-17-39)44-24-8-6-23(7-9-24)38-32(42)33(13-14-33)31(41)37-22-4-2-21(34)3-5-22/h2-10,15,18,20,40H,11-14,16-17,19H2,1H3,(H,37,41)(H,38,42). The maximum atomic E-state index is 15.9. The van der Waals surface area contributed by atoms with Gasteiger partial charge in [0.15, 0.2) is 5.82 Å². The number of rotatable bonds is 9. The molecule has 2 heterocycles. The van der Waals surface area contributed by atoms with Gasteiger partial charge in [-0.2, -0.15) is 0 Å². The highest BCUT2D eigenvalue weighted by atomic mass is 19.1. The molecule has 6 rings (SSSR count). The number of anilines is 3. The zero-order valence-electron chi connectivity index (χ0n) is 24.1. The zero-order valence-corrected chi connectivity index (χ0v) is 24.1. The summed E-state index contributed by atoms with van der Waals surface area (Å²) in [7, 11) is 1.49. The van der Waals surface area contributed by atoms with Crippen LogP contribution in [0.25, 0.3) is 10.9 Å². The highest BCUT2D eigenvalue weighted by Gasteiger charge is 2.56. The smallest absolute Gasteiger partial charge is 0.240 e. The minimum absolute atomic E-state index is 0.123. The van der Waals surface area contributed by atoms with Gasteiger partial charge < -0.3 is 30.1 Å². The number of nitrogens with one attached hydrogen (secondary N) is 2. The fourth-order valence-electron chi connectivity index (χ4n) is 5.52. The van der Waals surface area contributed by atoms with Crippen LogP contribution in [0.2, 0.25) is 0 Å². The molecule has 0 unspecified atom stereocenters. The minimum Gasteiger partial charge on any atom is -0.494 e. The van der Waals surface area contributed by atoms with E-state index >= 15 is 4.39 Å². The maximum Gasteiger partial charge on any atom is 0.240 e. The lowest BCUT2D eigenvalue weighted by Crippen LogP contribution is -2.35. The van der Waals surface area contributed by atoms with Crippen molar-refractivity contribution < 1.29 is 33.0 Å². The van der Waals surface area contributed by atoms with Gasteiger partial charge in [0.25, 0.3) is 0 Å². The molecule has 0 radical (unpaired) electrons. The Morgan fingerprint density at radius 2 is 1.57 bits per heavy atom. The first-order valence-corrected chi connectivity index (χ1v) is 14.5. The zero-order chi connectivity index (χ0) is 30.8. The molecule has 1 saturated carbocycles. The molecule has 1 aliphatic heterocycles. The molecule has 0 atom stereocenters. The van der Waals surface area contributed by atoms with Gasteiger partial charge in [0.05, 0.1) is 7.11 Å². The molecule has 228 valence electrons. The summed E-state index contributed by atoms with van der Waals surface area (Å²) in [6.45, 7) is 1.32.